The van der Waals surface area contributed by atoms with E-state index in [0.717, 1.165) is 30.6 Å². The molecular formula is C16H13F4N3O2S. The number of rotatable bonds is 5. The van der Waals surface area contributed by atoms with E-state index in [2.05, 4.69) is 4.98 Å². The van der Waals surface area contributed by atoms with Crippen LogP contribution >= 0.6 is 0 Å². The number of pyridine rings is 1. The zero-order valence-electron chi connectivity index (χ0n) is 13.4. The summed E-state index contributed by atoms with van der Waals surface area (Å²) in [6, 6.07) is 3.97. The highest BCUT2D eigenvalue weighted by Crippen LogP contribution is 2.41. The van der Waals surface area contributed by atoms with Gasteiger partial charge in [0.1, 0.15) is 22.8 Å². The number of nitrogens with zero attached hydrogens (tertiary/aromatic N) is 3. The van der Waals surface area contributed by atoms with Crippen molar-refractivity contribution in [3.05, 3.63) is 59.7 Å². The van der Waals surface area contributed by atoms with Crippen LogP contribution in [-0.2, 0) is 10.0 Å². The molecule has 0 saturated heterocycles. The predicted molar refractivity (Wildman–Crippen MR) is 83.7 cm³/mol. The van der Waals surface area contributed by atoms with E-state index in [1.807, 2.05) is 0 Å². The Hall–Kier alpha value is -2.51. The third-order valence-electron chi connectivity index (χ3n) is 3.56. The molecule has 2 rings (SSSR count). The minimum Gasteiger partial charge on any atom is -0.262 e. The van der Waals surface area contributed by atoms with E-state index >= 15 is 0 Å². The van der Waals surface area contributed by atoms with E-state index in [1.165, 1.54) is 19.1 Å². The van der Waals surface area contributed by atoms with Crippen molar-refractivity contribution in [2.24, 2.45) is 0 Å². The highest BCUT2D eigenvalue weighted by molar-refractivity contribution is 7.89. The van der Waals surface area contributed by atoms with Crippen LogP contribution < -0.4 is 0 Å². The molecule has 0 aliphatic rings. The van der Waals surface area contributed by atoms with Crippen molar-refractivity contribution in [1.29, 1.82) is 5.26 Å². The summed E-state index contributed by atoms with van der Waals surface area (Å²) in [6.45, 7) is 0.635. The molecule has 0 saturated carbocycles. The highest BCUT2D eigenvalue weighted by Gasteiger charge is 2.49. The number of alkyl halides is 3. The number of benzene rings is 1. The molecule has 0 radical (unpaired) electrons. The van der Waals surface area contributed by atoms with Crippen LogP contribution in [0.5, 0.6) is 0 Å². The first-order valence-electron chi connectivity index (χ1n) is 7.31. The van der Waals surface area contributed by atoms with Gasteiger partial charge in [-0.1, -0.05) is 25.1 Å². The van der Waals surface area contributed by atoms with Crippen LogP contribution in [0, 0.1) is 17.1 Å². The molecule has 0 bridgehead atoms. The predicted octanol–water partition coefficient (Wildman–Crippen LogP) is 3.41. The van der Waals surface area contributed by atoms with E-state index in [4.69, 9.17) is 5.26 Å². The summed E-state index contributed by atoms with van der Waals surface area (Å²) in [5.41, 5.74) is -0.939. The summed E-state index contributed by atoms with van der Waals surface area (Å²) >= 11 is 0. The molecule has 1 heterocycles. The Morgan fingerprint density at radius 2 is 1.92 bits per heavy atom. The first-order valence-corrected chi connectivity index (χ1v) is 8.75. The standard InChI is InChI=1S/C16H13F4N3O2S/c1-2-23(26(24,25)12-7-11(8-21)9-22-10-12)15(16(18,19)20)13-5-3-4-6-14(13)17/h3-7,9-10,15H,2H2,1H3/t15-/m0/s1. The fourth-order valence-electron chi connectivity index (χ4n) is 2.44. The Morgan fingerprint density at radius 3 is 2.46 bits per heavy atom. The third-order valence-corrected chi connectivity index (χ3v) is 5.46. The van der Waals surface area contributed by atoms with Crippen molar-refractivity contribution in [2.75, 3.05) is 6.54 Å². The molecule has 10 heteroatoms. The second-order valence-corrected chi connectivity index (χ2v) is 7.09. The van der Waals surface area contributed by atoms with Gasteiger partial charge in [-0.3, -0.25) is 4.98 Å². The van der Waals surface area contributed by atoms with Gasteiger partial charge in [-0.25, -0.2) is 12.8 Å². The van der Waals surface area contributed by atoms with Gasteiger partial charge in [-0.05, 0) is 12.1 Å². The minimum atomic E-state index is -5.06. The lowest BCUT2D eigenvalue weighted by Gasteiger charge is -2.31. The average Bonchev–Trinajstić information content (AvgIpc) is 2.59. The molecule has 1 aromatic carbocycles. The van der Waals surface area contributed by atoms with Crippen molar-refractivity contribution >= 4 is 10.0 Å². The average molecular weight is 387 g/mol. The molecular weight excluding hydrogens is 374 g/mol. The van der Waals surface area contributed by atoms with Gasteiger partial charge in [-0.15, -0.1) is 0 Å². The SMILES string of the molecule is CCN([C@@H](c1ccccc1F)C(F)(F)F)S(=O)(=O)c1cncc(C#N)c1. The van der Waals surface area contributed by atoms with Crippen LogP contribution in [-0.4, -0.2) is 30.4 Å². The van der Waals surface area contributed by atoms with Crippen LogP contribution in [0.2, 0.25) is 0 Å². The summed E-state index contributed by atoms with van der Waals surface area (Å²) < 4.78 is 80.7. The molecule has 0 aliphatic carbocycles. The number of nitriles is 1. The molecule has 138 valence electrons. The highest BCUT2D eigenvalue weighted by atomic mass is 32.2. The second-order valence-electron chi connectivity index (χ2n) is 5.20. The van der Waals surface area contributed by atoms with Gasteiger partial charge in [0.25, 0.3) is 0 Å². The Morgan fingerprint density at radius 1 is 1.27 bits per heavy atom. The number of aromatic nitrogens is 1. The molecule has 1 atom stereocenters. The molecule has 0 spiro atoms. The monoisotopic (exact) mass is 387 g/mol. The number of hydrogen-bond acceptors (Lipinski definition) is 4. The molecule has 0 fully saturated rings. The van der Waals surface area contributed by atoms with E-state index < -0.39 is 45.1 Å². The summed E-state index contributed by atoms with van der Waals surface area (Å²) in [5, 5.41) is 8.85. The molecule has 0 aliphatic heterocycles. The topological polar surface area (TPSA) is 74.1 Å². The van der Waals surface area contributed by atoms with Crippen molar-refractivity contribution in [3.8, 4) is 6.07 Å². The van der Waals surface area contributed by atoms with Gasteiger partial charge in [0, 0.05) is 24.5 Å². The Balaban J connectivity index is 2.65. The number of halogens is 4. The first-order chi connectivity index (χ1) is 12.1. The van der Waals surface area contributed by atoms with E-state index in [1.54, 1.807) is 6.07 Å². The largest absolute Gasteiger partial charge is 0.409 e. The maximum absolute atomic E-state index is 14.0. The minimum absolute atomic E-state index is 0.128. The zero-order valence-corrected chi connectivity index (χ0v) is 14.2. The summed E-state index contributed by atoms with van der Waals surface area (Å²) in [5.74, 6) is -1.17. The maximum Gasteiger partial charge on any atom is 0.409 e. The smallest absolute Gasteiger partial charge is 0.262 e. The van der Waals surface area contributed by atoms with Gasteiger partial charge >= 0.3 is 6.18 Å². The van der Waals surface area contributed by atoms with Gasteiger partial charge in [-0.2, -0.15) is 22.7 Å². The van der Waals surface area contributed by atoms with Crippen LogP contribution in [0.3, 0.4) is 0 Å². The fraction of sp³-hybridized carbons (Fsp3) is 0.250. The van der Waals surface area contributed by atoms with Crippen LogP contribution in [0.4, 0.5) is 17.6 Å². The molecule has 0 unspecified atom stereocenters. The zero-order chi connectivity index (χ0) is 19.5. The summed E-state index contributed by atoms with van der Waals surface area (Å²) in [6.07, 6.45) is -3.15. The fourth-order valence-corrected chi connectivity index (χ4v) is 4.03. The van der Waals surface area contributed by atoms with E-state index in [9.17, 15) is 26.0 Å². The van der Waals surface area contributed by atoms with Gasteiger partial charge in [0.15, 0.2) is 0 Å². The van der Waals surface area contributed by atoms with Gasteiger partial charge in [0.05, 0.1) is 5.56 Å². The lowest BCUT2D eigenvalue weighted by molar-refractivity contribution is -0.174. The molecule has 26 heavy (non-hydrogen) atoms. The normalized spacial score (nSPS) is 13.4. The summed E-state index contributed by atoms with van der Waals surface area (Å²) in [4.78, 5) is 2.99. The van der Waals surface area contributed by atoms with E-state index in [-0.39, 0.29) is 9.87 Å². The van der Waals surface area contributed by atoms with Crippen LogP contribution in [0.1, 0.15) is 24.1 Å². The van der Waals surface area contributed by atoms with Crippen molar-refractivity contribution < 1.29 is 26.0 Å². The van der Waals surface area contributed by atoms with Gasteiger partial charge < -0.3 is 0 Å². The van der Waals surface area contributed by atoms with Crippen molar-refractivity contribution in [1.82, 2.24) is 9.29 Å². The van der Waals surface area contributed by atoms with Gasteiger partial charge in [0.2, 0.25) is 10.0 Å². The Kier molecular flexibility index (Phi) is 5.63. The molecule has 1 aromatic heterocycles. The molecule has 0 N–H and O–H groups in total. The Labute approximate surface area is 147 Å². The lowest BCUT2D eigenvalue weighted by atomic mass is 10.1. The summed E-state index contributed by atoms with van der Waals surface area (Å²) in [7, 11) is -4.70. The number of sulfonamides is 1. The molecule has 2 aromatic rings. The second kappa shape index (κ2) is 7.39. The van der Waals surface area contributed by atoms with E-state index in [0.29, 0.717) is 0 Å². The lowest BCUT2D eigenvalue weighted by Crippen LogP contribution is -2.42. The van der Waals surface area contributed by atoms with Crippen molar-refractivity contribution in [3.63, 3.8) is 0 Å². The number of hydrogen-bond donors (Lipinski definition) is 0. The van der Waals surface area contributed by atoms with Crippen LogP contribution in [0.25, 0.3) is 0 Å². The van der Waals surface area contributed by atoms with Crippen molar-refractivity contribution in [2.45, 2.75) is 24.0 Å². The maximum atomic E-state index is 14.0. The third kappa shape index (κ3) is 3.84. The molecule has 5 nitrogen and oxygen atoms in total. The first kappa shape index (κ1) is 19.8. The Bertz CT molecular complexity index is 939. The van der Waals surface area contributed by atoms with Crippen LogP contribution in [0.15, 0.2) is 47.6 Å². The molecule has 0 amide bonds. The quantitative estimate of drug-likeness (QED) is 0.737.